The Bertz CT molecular complexity index is 2580. The van der Waals surface area contributed by atoms with Crippen molar-refractivity contribution in [2.75, 3.05) is 41.7 Å². The average Bonchev–Trinajstić information content (AvgIpc) is 4.08. The summed E-state index contributed by atoms with van der Waals surface area (Å²) in [5.74, 6) is 8.36. The van der Waals surface area contributed by atoms with E-state index >= 15 is 0 Å². The van der Waals surface area contributed by atoms with Crippen molar-refractivity contribution in [3.63, 3.8) is 0 Å². The summed E-state index contributed by atoms with van der Waals surface area (Å²) < 4.78 is 60.3. The quantitative estimate of drug-likeness (QED) is 0.194. The van der Waals surface area contributed by atoms with Crippen LogP contribution in [0.15, 0.2) is 54.6 Å². The third kappa shape index (κ3) is 6.16. The summed E-state index contributed by atoms with van der Waals surface area (Å²) in [4.78, 5) is 0. The first-order valence-corrected chi connectivity index (χ1v) is 20.6. The Kier molecular flexibility index (Phi) is 9.19. The zero-order valence-corrected chi connectivity index (χ0v) is 35.6. The molecule has 6 aliphatic heterocycles. The van der Waals surface area contributed by atoms with Crippen LogP contribution in [0, 0.1) is 5.92 Å². The van der Waals surface area contributed by atoms with Gasteiger partial charge in [-0.05, 0) is 101 Å². The van der Waals surface area contributed by atoms with Crippen LogP contribution in [0.3, 0.4) is 0 Å². The number of rotatable bonds is 6. The maximum absolute atomic E-state index is 9.68. The topological polar surface area (TPSA) is 133 Å². The molecule has 318 valence electrons. The van der Waals surface area contributed by atoms with E-state index in [0.29, 0.717) is 59.2 Å². The van der Waals surface area contributed by atoms with Crippen LogP contribution in [0.5, 0.6) is 46.0 Å². The van der Waals surface area contributed by atoms with Gasteiger partial charge in [-0.1, -0.05) is 0 Å². The van der Waals surface area contributed by atoms with Crippen LogP contribution in [0.4, 0.5) is 0 Å². The van der Waals surface area contributed by atoms with E-state index in [-0.39, 0.29) is 36.6 Å². The van der Waals surface area contributed by atoms with Crippen LogP contribution in [0.1, 0.15) is 84.5 Å². The largest absolute Gasteiger partial charge is 0.496 e. The SMILES string of the molecule is COC1=C2c3cc(OC)c(CO)cc3OC[C@H]2Oc2c1ccc1c2C2CC2C(C)(C)O1.COC1=C2c3cc(OC)c(CO)cc3OC[C@H]2Oc2c1ccc1c2C=CC(C)(C)O1. The fraction of sp³-hybridized carbons (Fsp3) is 0.388. The van der Waals surface area contributed by atoms with Gasteiger partial charge in [0.2, 0.25) is 0 Å². The lowest BCUT2D eigenvalue weighted by Crippen LogP contribution is -2.37. The fourth-order valence-electron chi connectivity index (χ4n) is 9.78. The summed E-state index contributed by atoms with van der Waals surface area (Å²) in [6.07, 6.45) is 4.56. The third-order valence-electron chi connectivity index (χ3n) is 12.8. The molecule has 6 heterocycles. The number of ether oxygens (including phenoxy) is 10. The molecular formula is C49H50O12. The molecule has 12 heteroatoms. The first kappa shape index (κ1) is 39.2. The maximum Gasteiger partial charge on any atom is 0.162 e. The zero-order chi connectivity index (χ0) is 42.5. The van der Waals surface area contributed by atoms with E-state index in [1.54, 1.807) is 28.4 Å². The van der Waals surface area contributed by atoms with Crippen LogP contribution in [0.2, 0.25) is 0 Å². The number of benzene rings is 4. The van der Waals surface area contributed by atoms with E-state index in [2.05, 4.69) is 13.8 Å². The molecule has 11 rings (SSSR count). The van der Waals surface area contributed by atoms with Gasteiger partial charge in [-0.2, -0.15) is 0 Å². The summed E-state index contributed by atoms with van der Waals surface area (Å²) in [7, 11) is 6.54. The van der Waals surface area contributed by atoms with Crippen molar-refractivity contribution in [3.8, 4) is 46.0 Å². The Morgan fingerprint density at radius 1 is 0.623 bits per heavy atom. The molecule has 61 heavy (non-hydrogen) atoms. The first-order valence-electron chi connectivity index (χ1n) is 20.6. The van der Waals surface area contributed by atoms with E-state index in [0.717, 1.165) is 85.5 Å². The van der Waals surface area contributed by atoms with Crippen molar-refractivity contribution < 1.29 is 57.6 Å². The lowest BCUT2D eigenvalue weighted by molar-refractivity contribution is 0.0691. The van der Waals surface area contributed by atoms with Crippen LogP contribution in [-0.2, 0) is 22.7 Å². The lowest BCUT2D eigenvalue weighted by Gasteiger charge is -2.38. The summed E-state index contributed by atoms with van der Waals surface area (Å²) >= 11 is 0. The highest BCUT2D eigenvalue weighted by Crippen LogP contribution is 2.64. The summed E-state index contributed by atoms with van der Waals surface area (Å²) in [5, 5.41) is 19.3. The molecular weight excluding hydrogens is 781 g/mol. The third-order valence-corrected chi connectivity index (χ3v) is 12.8. The minimum absolute atomic E-state index is 0.121. The Morgan fingerprint density at radius 2 is 1.16 bits per heavy atom. The maximum atomic E-state index is 9.68. The molecule has 2 N–H and O–H groups in total. The number of aliphatic hydroxyl groups is 2. The minimum atomic E-state index is -0.366. The van der Waals surface area contributed by atoms with Crippen LogP contribution >= 0.6 is 0 Å². The number of methoxy groups -OCH3 is 4. The number of hydrogen-bond acceptors (Lipinski definition) is 12. The van der Waals surface area contributed by atoms with E-state index in [9.17, 15) is 10.2 Å². The Hall–Kier alpha value is -5.98. The van der Waals surface area contributed by atoms with Gasteiger partial charge in [-0.15, -0.1) is 0 Å². The number of aliphatic hydroxyl groups excluding tert-OH is 2. The normalized spacial score (nSPS) is 23.0. The van der Waals surface area contributed by atoms with Crippen LogP contribution in [-0.4, -0.2) is 75.3 Å². The van der Waals surface area contributed by atoms with Crippen molar-refractivity contribution in [1.29, 1.82) is 0 Å². The predicted octanol–water partition coefficient (Wildman–Crippen LogP) is 8.17. The van der Waals surface area contributed by atoms with Crippen molar-refractivity contribution in [2.24, 2.45) is 5.92 Å². The highest BCUT2D eigenvalue weighted by atomic mass is 16.6. The van der Waals surface area contributed by atoms with Crippen molar-refractivity contribution >= 4 is 28.7 Å². The molecule has 1 saturated carbocycles. The van der Waals surface area contributed by atoms with Gasteiger partial charge in [0.25, 0.3) is 0 Å². The lowest BCUT2D eigenvalue weighted by atomic mass is 9.87. The second-order valence-corrected chi connectivity index (χ2v) is 17.3. The Labute approximate surface area is 354 Å². The molecule has 2 unspecified atom stereocenters. The van der Waals surface area contributed by atoms with Crippen LogP contribution in [0.25, 0.3) is 28.7 Å². The average molecular weight is 831 g/mol. The standard InChI is InChI=1S/C25H26O6.C24H24O6/c1-25(2)16-8-14(16)21-17(31-25)6-5-13-23(28-4)22-15-9-18(27-3)12(10-26)7-19(15)29-11-20(22)30-24(13)21;1-24(2)8-7-14-17(30-24)6-5-15-22(14)29-20-12-28-19-9-13(11-25)18(26-3)10-16(19)21(20)23(15)27-4/h5-7,9,14,16,20,26H,8,10-11H2,1-4H3;5-10,20,25H,11-12H2,1-4H3/t14?,16?,20-;20-/m11/s1. The molecule has 0 radical (unpaired) electrons. The molecule has 1 fully saturated rings. The van der Waals surface area contributed by atoms with Gasteiger partial charge in [0.1, 0.15) is 81.9 Å². The molecule has 1 aliphatic carbocycles. The predicted molar refractivity (Wildman–Crippen MR) is 227 cm³/mol. The van der Waals surface area contributed by atoms with E-state index in [1.165, 1.54) is 0 Å². The smallest absolute Gasteiger partial charge is 0.162 e. The molecule has 0 aromatic heterocycles. The van der Waals surface area contributed by atoms with Gasteiger partial charge in [0.05, 0.1) is 58.3 Å². The molecule has 0 spiro atoms. The van der Waals surface area contributed by atoms with Crippen molar-refractivity contribution in [2.45, 2.75) is 76.7 Å². The molecule has 4 aromatic carbocycles. The summed E-state index contributed by atoms with van der Waals surface area (Å²) in [5.41, 5.74) is 8.28. The molecule has 4 aromatic rings. The van der Waals surface area contributed by atoms with Crippen molar-refractivity contribution in [1.82, 2.24) is 0 Å². The Morgan fingerprint density at radius 3 is 1.70 bits per heavy atom. The second kappa shape index (κ2) is 14.3. The van der Waals surface area contributed by atoms with Gasteiger partial charge in [0, 0.05) is 44.9 Å². The molecule has 0 amide bonds. The van der Waals surface area contributed by atoms with E-state index in [1.807, 2.05) is 74.5 Å². The first-order chi connectivity index (χ1) is 29.4. The summed E-state index contributed by atoms with van der Waals surface area (Å²) in [6, 6.07) is 15.4. The highest BCUT2D eigenvalue weighted by Gasteiger charge is 2.56. The van der Waals surface area contributed by atoms with Gasteiger partial charge < -0.3 is 57.6 Å². The molecule has 4 atom stereocenters. The monoisotopic (exact) mass is 830 g/mol. The fourth-order valence-corrected chi connectivity index (χ4v) is 9.78. The van der Waals surface area contributed by atoms with Crippen molar-refractivity contribution in [3.05, 3.63) is 99.1 Å². The van der Waals surface area contributed by atoms with E-state index in [4.69, 9.17) is 47.4 Å². The highest BCUT2D eigenvalue weighted by molar-refractivity contribution is 5.98. The van der Waals surface area contributed by atoms with Gasteiger partial charge in [-0.3, -0.25) is 0 Å². The van der Waals surface area contributed by atoms with E-state index < -0.39 is 0 Å². The Balaban J connectivity index is 0.000000146. The van der Waals surface area contributed by atoms with Gasteiger partial charge in [-0.25, -0.2) is 0 Å². The molecule has 12 nitrogen and oxygen atoms in total. The number of hydrogen-bond donors (Lipinski definition) is 2. The minimum Gasteiger partial charge on any atom is -0.496 e. The van der Waals surface area contributed by atoms with Gasteiger partial charge >= 0.3 is 0 Å². The van der Waals surface area contributed by atoms with Gasteiger partial charge in [0.15, 0.2) is 12.2 Å². The zero-order valence-electron chi connectivity index (χ0n) is 35.6. The number of fused-ring (bicyclic) bond motifs is 14. The molecule has 7 aliphatic rings. The molecule has 0 saturated heterocycles. The molecule has 0 bridgehead atoms. The van der Waals surface area contributed by atoms with Crippen LogP contribution < -0.4 is 37.9 Å². The summed E-state index contributed by atoms with van der Waals surface area (Å²) in [6.45, 7) is 8.83. The second-order valence-electron chi connectivity index (χ2n) is 17.3.